The summed E-state index contributed by atoms with van der Waals surface area (Å²) in [7, 11) is 1.97. The highest BCUT2D eigenvalue weighted by atomic mass is 32.2. The van der Waals surface area contributed by atoms with Crippen LogP contribution in [0, 0.1) is 0 Å². The third-order valence-corrected chi connectivity index (χ3v) is 5.04. The second kappa shape index (κ2) is 8.45. The molecule has 1 amide bonds. The fourth-order valence-electron chi connectivity index (χ4n) is 2.96. The Morgan fingerprint density at radius 3 is 2.44 bits per heavy atom. The molecule has 7 heteroatoms. The molecule has 1 aliphatic rings. The normalized spacial score (nSPS) is 13.3. The van der Waals surface area contributed by atoms with Crippen LogP contribution in [0.25, 0.3) is 0 Å². The molecule has 0 fully saturated rings. The van der Waals surface area contributed by atoms with Crippen molar-refractivity contribution in [2.45, 2.75) is 18.4 Å². The predicted octanol–water partition coefficient (Wildman–Crippen LogP) is 1.99. The quantitative estimate of drug-likeness (QED) is 0.562. The zero-order valence-corrected chi connectivity index (χ0v) is 16.4. The minimum Gasteiger partial charge on any atom is -0.454 e. The standard InChI is InChI=1S/C20H22N2O4S/c1-13(23)16-8-18-19(26-12-25-18)9-17(16)21-20(24)11-22(2)10-14-4-6-15(27-3)7-5-14/h4-9H,10-12H2,1-3H3,(H,21,24)/p+1. The van der Waals surface area contributed by atoms with E-state index >= 15 is 0 Å². The van der Waals surface area contributed by atoms with E-state index in [1.807, 2.05) is 13.3 Å². The van der Waals surface area contributed by atoms with Gasteiger partial charge in [-0.2, -0.15) is 0 Å². The molecule has 142 valence electrons. The van der Waals surface area contributed by atoms with Gasteiger partial charge in [-0.1, -0.05) is 12.1 Å². The molecule has 1 aliphatic heterocycles. The number of quaternary nitrogens is 1. The van der Waals surface area contributed by atoms with Gasteiger partial charge in [0.1, 0.15) is 6.54 Å². The van der Waals surface area contributed by atoms with Crippen molar-refractivity contribution in [3.63, 3.8) is 0 Å². The van der Waals surface area contributed by atoms with E-state index in [0.717, 1.165) is 11.4 Å². The van der Waals surface area contributed by atoms with Crippen LogP contribution in [0.5, 0.6) is 11.5 Å². The first-order valence-corrected chi connectivity index (χ1v) is 9.87. The minimum absolute atomic E-state index is 0.117. The largest absolute Gasteiger partial charge is 0.454 e. The smallest absolute Gasteiger partial charge is 0.279 e. The molecule has 0 bridgehead atoms. The van der Waals surface area contributed by atoms with E-state index in [4.69, 9.17) is 9.47 Å². The van der Waals surface area contributed by atoms with E-state index < -0.39 is 0 Å². The van der Waals surface area contributed by atoms with Gasteiger partial charge in [-0.15, -0.1) is 11.8 Å². The van der Waals surface area contributed by atoms with Crippen LogP contribution in [0.1, 0.15) is 22.8 Å². The highest BCUT2D eigenvalue weighted by Crippen LogP contribution is 2.37. The fraction of sp³-hybridized carbons (Fsp3) is 0.300. The van der Waals surface area contributed by atoms with Gasteiger partial charge in [-0.05, 0) is 31.4 Å². The van der Waals surface area contributed by atoms with Crippen LogP contribution in [0.2, 0.25) is 0 Å². The highest BCUT2D eigenvalue weighted by molar-refractivity contribution is 7.98. The number of amides is 1. The van der Waals surface area contributed by atoms with Crippen molar-refractivity contribution in [2.24, 2.45) is 0 Å². The summed E-state index contributed by atoms with van der Waals surface area (Å²) < 4.78 is 10.6. The topological polar surface area (TPSA) is 69.1 Å². The van der Waals surface area contributed by atoms with Gasteiger partial charge in [0.2, 0.25) is 6.79 Å². The Morgan fingerprint density at radius 2 is 1.81 bits per heavy atom. The lowest BCUT2D eigenvalue weighted by Crippen LogP contribution is -3.08. The second-order valence-corrected chi connectivity index (χ2v) is 7.39. The number of ether oxygens (including phenoxy) is 2. The number of nitrogens with one attached hydrogen (secondary N) is 2. The number of benzene rings is 2. The molecule has 2 aromatic rings. The number of hydrogen-bond donors (Lipinski definition) is 2. The molecule has 1 unspecified atom stereocenters. The van der Waals surface area contributed by atoms with Crippen molar-refractivity contribution in [3.8, 4) is 11.5 Å². The Kier molecular flexibility index (Phi) is 6.03. The minimum atomic E-state index is -0.158. The van der Waals surface area contributed by atoms with Crippen LogP contribution >= 0.6 is 11.8 Å². The number of fused-ring (bicyclic) bond motifs is 1. The molecular weight excluding hydrogens is 364 g/mol. The molecule has 27 heavy (non-hydrogen) atoms. The molecule has 0 radical (unpaired) electrons. The first-order chi connectivity index (χ1) is 13.0. The SMILES string of the molecule is CSc1ccc(C[NH+](C)CC(=O)Nc2cc3c(cc2C(C)=O)OCO3)cc1. The molecule has 2 N–H and O–H groups in total. The Morgan fingerprint density at radius 1 is 1.15 bits per heavy atom. The van der Waals surface area contributed by atoms with Crippen LogP contribution in [-0.4, -0.2) is 38.3 Å². The maximum atomic E-state index is 12.5. The first-order valence-electron chi connectivity index (χ1n) is 8.65. The Labute approximate surface area is 162 Å². The predicted molar refractivity (Wildman–Crippen MR) is 105 cm³/mol. The number of thioether (sulfide) groups is 1. The van der Waals surface area contributed by atoms with Crippen LogP contribution in [0.15, 0.2) is 41.3 Å². The number of likely N-dealkylation sites (N-methyl/N-ethyl adjacent to an activating group) is 1. The number of anilines is 1. The monoisotopic (exact) mass is 387 g/mol. The van der Waals surface area contributed by atoms with Gasteiger partial charge in [0.05, 0.1) is 12.7 Å². The van der Waals surface area contributed by atoms with Gasteiger partial charge in [-0.25, -0.2) is 0 Å². The number of ketones is 1. The molecule has 2 aromatic carbocycles. The maximum absolute atomic E-state index is 12.5. The number of hydrogen-bond acceptors (Lipinski definition) is 5. The summed E-state index contributed by atoms with van der Waals surface area (Å²) in [6.07, 6.45) is 2.04. The third-order valence-electron chi connectivity index (χ3n) is 4.29. The molecule has 0 aliphatic carbocycles. The summed E-state index contributed by atoms with van der Waals surface area (Å²) in [6.45, 7) is 2.61. The van der Waals surface area contributed by atoms with Crippen molar-refractivity contribution in [1.82, 2.24) is 0 Å². The summed E-state index contributed by atoms with van der Waals surface area (Å²) in [4.78, 5) is 26.6. The first kappa shape index (κ1) is 19.3. The van der Waals surface area contributed by atoms with Gasteiger partial charge in [0.25, 0.3) is 5.91 Å². The molecule has 0 saturated carbocycles. The van der Waals surface area contributed by atoms with E-state index in [9.17, 15) is 9.59 Å². The molecular formula is C20H23N2O4S+. The van der Waals surface area contributed by atoms with E-state index in [0.29, 0.717) is 22.7 Å². The Bertz CT molecular complexity index is 852. The van der Waals surface area contributed by atoms with Gasteiger partial charge in [0.15, 0.2) is 23.8 Å². The summed E-state index contributed by atoms with van der Waals surface area (Å²) in [5.41, 5.74) is 2.04. The van der Waals surface area contributed by atoms with Crippen molar-refractivity contribution in [3.05, 3.63) is 47.5 Å². The fourth-order valence-corrected chi connectivity index (χ4v) is 3.37. The van der Waals surface area contributed by atoms with Crippen LogP contribution in [-0.2, 0) is 11.3 Å². The van der Waals surface area contributed by atoms with E-state index in [1.165, 1.54) is 17.4 Å². The van der Waals surface area contributed by atoms with Gasteiger partial charge in [0, 0.05) is 22.1 Å². The number of carbonyl (C=O) groups is 2. The van der Waals surface area contributed by atoms with Crippen LogP contribution in [0.3, 0.4) is 0 Å². The van der Waals surface area contributed by atoms with Crippen molar-refractivity contribution < 1.29 is 24.0 Å². The van der Waals surface area contributed by atoms with E-state index in [1.54, 1.807) is 23.9 Å². The molecule has 0 saturated heterocycles. The van der Waals surface area contributed by atoms with Crippen molar-refractivity contribution in [2.75, 3.05) is 32.0 Å². The highest BCUT2D eigenvalue weighted by Gasteiger charge is 2.21. The number of Topliss-reactive ketones (excluding diaryl/α,β-unsaturated/α-hetero) is 1. The number of rotatable bonds is 7. The molecule has 6 nitrogen and oxygen atoms in total. The second-order valence-electron chi connectivity index (χ2n) is 6.51. The average molecular weight is 387 g/mol. The summed E-state index contributed by atoms with van der Waals surface area (Å²) in [6, 6.07) is 11.6. The van der Waals surface area contributed by atoms with Gasteiger partial charge in [-0.3, -0.25) is 9.59 Å². The van der Waals surface area contributed by atoms with Crippen LogP contribution < -0.4 is 19.7 Å². The van der Waals surface area contributed by atoms with Gasteiger partial charge < -0.3 is 19.7 Å². The maximum Gasteiger partial charge on any atom is 0.279 e. The zero-order valence-electron chi connectivity index (χ0n) is 15.6. The van der Waals surface area contributed by atoms with Crippen LogP contribution in [0.4, 0.5) is 5.69 Å². The number of carbonyl (C=O) groups excluding carboxylic acids is 2. The van der Waals surface area contributed by atoms with E-state index in [2.05, 4.69) is 29.6 Å². The van der Waals surface area contributed by atoms with Crippen molar-refractivity contribution >= 4 is 29.1 Å². The molecule has 0 aromatic heterocycles. The summed E-state index contributed by atoms with van der Waals surface area (Å²) in [5.74, 6) is 0.757. The van der Waals surface area contributed by atoms with E-state index in [-0.39, 0.29) is 25.0 Å². The summed E-state index contributed by atoms with van der Waals surface area (Å²) >= 11 is 1.70. The molecule has 1 atom stereocenters. The average Bonchev–Trinajstić information content (AvgIpc) is 3.08. The van der Waals surface area contributed by atoms with Crippen molar-refractivity contribution in [1.29, 1.82) is 0 Å². The lowest BCUT2D eigenvalue weighted by Gasteiger charge is -2.15. The molecule has 3 rings (SSSR count). The van der Waals surface area contributed by atoms with Gasteiger partial charge >= 0.3 is 0 Å². The summed E-state index contributed by atoms with van der Waals surface area (Å²) in [5, 5.41) is 2.84. The zero-order chi connectivity index (χ0) is 19.4. The Hall–Kier alpha value is -2.51. The molecule has 0 spiro atoms. The third kappa shape index (κ3) is 4.81. The Balaban J connectivity index is 1.64. The molecule has 1 heterocycles. The lowest BCUT2D eigenvalue weighted by atomic mass is 10.1. The lowest BCUT2D eigenvalue weighted by molar-refractivity contribution is -0.885.